The average molecular weight is 702 g/mol. The van der Waals surface area contributed by atoms with Crippen LogP contribution in [0.2, 0.25) is 0 Å². The van der Waals surface area contributed by atoms with Gasteiger partial charge in [0.15, 0.2) is 6.29 Å². The Kier molecular flexibility index (Phi) is 13.4. The van der Waals surface area contributed by atoms with Crippen LogP contribution in [0.4, 0.5) is 0 Å². The van der Waals surface area contributed by atoms with Crippen LogP contribution in [0.5, 0.6) is 0 Å². The van der Waals surface area contributed by atoms with Gasteiger partial charge in [0.05, 0.1) is 18.8 Å². The summed E-state index contributed by atoms with van der Waals surface area (Å²) >= 11 is 0. The van der Waals surface area contributed by atoms with Gasteiger partial charge in [-0.3, -0.25) is 24.5 Å². The van der Waals surface area contributed by atoms with Gasteiger partial charge in [-0.15, -0.1) is 0 Å². The molecule has 3 aromatic rings. The van der Waals surface area contributed by atoms with E-state index in [1.54, 1.807) is 5.48 Å². The molecule has 2 amide bonds. The monoisotopic (exact) mass is 701 g/mol. The molecule has 2 fully saturated rings. The number of carbonyl (C=O) groups is 3. The van der Waals surface area contributed by atoms with Crippen LogP contribution in [0.15, 0.2) is 72.8 Å². The van der Waals surface area contributed by atoms with Gasteiger partial charge in [0.25, 0.3) is 0 Å². The topological polar surface area (TPSA) is 147 Å². The van der Waals surface area contributed by atoms with Crippen molar-refractivity contribution in [1.29, 1.82) is 0 Å². The molecule has 2 saturated heterocycles. The standard InChI is InChI=1S/C40H51N3O8/c1-40(2,3)51-38(47)34-11-8-22-43(34)25-32-23-35(29-16-14-27(26-44)15-17-29)50-39(49-32)30-20-18-28(19-21-30)33-10-5-4-9-31(33)24-41-36(45)12-6-7-13-37(46)42-48/h4-5,9-10,14-21,32,34-35,39,44,48H,6-8,11-13,22-26H2,1-3H3,(H,41,45)(H,42,46). The van der Waals surface area contributed by atoms with E-state index in [0.717, 1.165) is 52.8 Å². The summed E-state index contributed by atoms with van der Waals surface area (Å²) in [6, 6.07) is 23.5. The lowest BCUT2D eigenvalue weighted by Gasteiger charge is -2.38. The third-order valence-electron chi connectivity index (χ3n) is 9.27. The summed E-state index contributed by atoms with van der Waals surface area (Å²) < 4.78 is 19.0. The Bertz CT molecular complexity index is 1610. The number of unbranched alkanes of at least 4 members (excludes halogenated alkanes) is 1. The number of hydrogen-bond donors (Lipinski definition) is 4. The first-order valence-corrected chi connectivity index (χ1v) is 17.9. The van der Waals surface area contributed by atoms with Crippen molar-refractivity contribution in [2.45, 2.75) is 109 Å². The van der Waals surface area contributed by atoms with Gasteiger partial charge in [-0.25, -0.2) is 5.48 Å². The first kappa shape index (κ1) is 38.1. The van der Waals surface area contributed by atoms with Crippen LogP contribution in [0.1, 0.15) is 100 Å². The minimum Gasteiger partial charge on any atom is -0.459 e. The molecule has 0 spiro atoms. The third kappa shape index (κ3) is 10.9. The summed E-state index contributed by atoms with van der Waals surface area (Å²) in [5, 5.41) is 21.2. The Morgan fingerprint density at radius 2 is 1.59 bits per heavy atom. The molecule has 2 aliphatic heterocycles. The fourth-order valence-electron chi connectivity index (χ4n) is 6.66. The van der Waals surface area contributed by atoms with Crippen LogP contribution in [0, 0.1) is 0 Å². The molecule has 11 heteroatoms. The van der Waals surface area contributed by atoms with Crippen LogP contribution in [0.3, 0.4) is 0 Å². The lowest BCUT2D eigenvalue weighted by Crippen LogP contribution is -2.45. The number of carbonyl (C=O) groups excluding carboxylic acids is 3. The molecule has 3 aromatic carbocycles. The Morgan fingerprint density at radius 3 is 2.27 bits per heavy atom. The normalized spacial score (nSPS) is 20.9. The fraction of sp³-hybridized carbons (Fsp3) is 0.475. The molecule has 0 saturated carbocycles. The van der Waals surface area contributed by atoms with Gasteiger partial charge in [0, 0.05) is 37.9 Å². The van der Waals surface area contributed by atoms with Gasteiger partial charge in [-0.1, -0.05) is 72.8 Å². The molecular formula is C40H51N3O8. The number of ether oxygens (including phenoxy) is 3. The van der Waals surface area contributed by atoms with Gasteiger partial charge in [-0.05, 0) is 80.8 Å². The van der Waals surface area contributed by atoms with Crippen molar-refractivity contribution >= 4 is 17.8 Å². The van der Waals surface area contributed by atoms with Gasteiger partial charge >= 0.3 is 5.97 Å². The van der Waals surface area contributed by atoms with Crippen molar-refractivity contribution in [1.82, 2.24) is 15.7 Å². The molecule has 4 unspecified atom stereocenters. The van der Waals surface area contributed by atoms with E-state index in [1.165, 1.54) is 0 Å². The number of nitrogens with zero attached hydrogens (tertiary/aromatic N) is 1. The number of hydrogen-bond acceptors (Lipinski definition) is 9. The summed E-state index contributed by atoms with van der Waals surface area (Å²) in [5.41, 5.74) is 6.70. The molecule has 11 nitrogen and oxygen atoms in total. The van der Waals surface area contributed by atoms with E-state index >= 15 is 0 Å². The van der Waals surface area contributed by atoms with E-state index in [4.69, 9.17) is 19.4 Å². The van der Waals surface area contributed by atoms with Crippen molar-refractivity contribution in [3.63, 3.8) is 0 Å². The lowest BCUT2D eigenvalue weighted by atomic mass is 9.97. The van der Waals surface area contributed by atoms with E-state index in [9.17, 15) is 19.5 Å². The van der Waals surface area contributed by atoms with E-state index < -0.39 is 17.8 Å². The summed E-state index contributed by atoms with van der Waals surface area (Å²) in [6.45, 7) is 7.37. The van der Waals surface area contributed by atoms with Crippen LogP contribution >= 0.6 is 0 Å². The summed E-state index contributed by atoms with van der Waals surface area (Å²) in [6.07, 6.45) is 2.72. The number of likely N-dealkylation sites (tertiary alicyclic amines) is 1. The van der Waals surface area contributed by atoms with Crippen molar-refractivity contribution < 1.29 is 38.9 Å². The molecule has 4 atom stereocenters. The minimum absolute atomic E-state index is 0.0313. The number of benzene rings is 3. The van der Waals surface area contributed by atoms with E-state index in [2.05, 4.69) is 10.2 Å². The quantitative estimate of drug-likeness (QED) is 0.0701. The Morgan fingerprint density at radius 1 is 0.902 bits per heavy atom. The second kappa shape index (κ2) is 17.9. The smallest absolute Gasteiger partial charge is 0.323 e. The first-order valence-electron chi connectivity index (χ1n) is 17.9. The number of aliphatic hydroxyl groups excluding tert-OH is 1. The maximum absolute atomic E-state index is 13.1. The zero-order valence-electron chi connectivity index (χ0n) is 29.8. The Hall–Kier alpha value is -4.13. The highest BCUT2D eigenvalue weighted by atomic mass is 16.7. The lowest BCUT2D eigenvalue weighted by molar-refractivity contribution is -0.253. The predicted octanol–water partition coefficient (Wildman–Crippen LogP) is 5.88. The number of hydroxylamine groups is 1. The van der Waals surface area contributed by atoms with Crippen LogP contribution < -0.4 is 10.8 Å². The minimum atomic E-state index is -0.638. The van der Waals surface area contributed by atoms with E-state index in [0.29, 0.717) is 38.8 Å². The van der Waals surface area contributed by atoms with Crippen LogP contribution in [0.25, 0.3) is 11.1 Å². The Labute approximate surface area is 300 Å². The second-order valence-electron chi connectivity index (χ2n) is 14.3. The van der Waals surface area contributed by atoms with E-state index in [1.807, 2.05) is 93.6 Å². The van der Waals surface area contributed by atoms with Gasteiger partial charge in [0.2, 0.25) is 11.8 Å². The highest BCUT2D eigenvalue weighted by molar-refractivity contribution is 5.77. The number of esters is 1. The molecule has 0 radical (unpaired) electrons. The van der Waals surface area contributed by atoms with Crippen molar-refractivity contribution in [3.05, 3.63) is 95.1 Å². The zero-order chi connectivity index (χ0) is 36.4. The summed E-state index contributed by atoms with van der Waals surface area (Å²) in [7, 11) is 0. The van der Waals surface area contributed by atoms with Crippen LogP contribution in [-0.2, 0) is 41.7 Å². The molecule has 2 heterocycles. The molecule has 0 bridgehead atoms. The largest absolute Gasteiger partial charge is 0.459 e. The number of rotatable bonds is 14. The van der Waals surface area contributed by atoms with Crippen molar-refractivity contribution in [3.8, 4) is 11.1 Å². The SMILES string of the molecule is CC(C)(C)OC(=O)C1CCCN1CC1CC(c2ccc(CO)cc2)OC(c2ccc(-c3ccccc3CNC(=O)CCCCC(=O)NO)cc2)O1. The van der Waals surface area contributed by atoms with Crippen LogP contribution in [-0.4, -0.2) is 63.8 Å². The van der Waals surface area contributed by atoms with Gasteiger partial charge in [0.1, 0.15) is 11.6 Å². The molecular weight excluding hydrogens is 650 g/mol. The number of aliphatic hydroxyl groups is 1. The molecule has 4 N–H and O–H groups in total. The fourth-order valence-corrected chi connectivity index (χ4v) is 6.66. The number of amides is 2. The molecule has 51 heavy (non-hydrogen) atoms. The zero-order valence-corrected chi connectivity index (χ0v) is 29.8. The maximum atomic E-state index is 13.1. The van der Waals surface area contributed by atoms with Crippen molar-refractivity contribution in [2.24, 2.45) is 0 Å². The van der Waals surface area contributed by atoms with Gasteiger partial charge in [-0.2, -0.15) is 0 Å². The highest BCUT2D eigenvalue weighted by Crippen LogP contribution is 2.39. The summed E-state index contributed by atoms with van der Waals surface area (Å²) in [5.74, 6) is -0.752. The second-order valence-corrected chi connectivity index (χ2v) is 14.3. The number of nitrogens with one attached hydrogen (secondary N) is 2. The highest BCUT2D eigenvalue weighted by Gasteiger charge is 2.39. The summed E-state index contributed by atoms with van der Waals surface area (Å²) in [4.78, 5) is 38.9. The molecule has 0 aromatic heterocycles. The predicted molar refractivity (Wildman–Crippen MR) is 191 cm³/mol. The molecule has 2 aliphatic rings. The average Bonchev–Trinajstić information content (AvgIpc) is 3.60. The van der Waals surface area contributed by atoms with Crippen molar-refractivity contribution in [2.75, 3.05) is 13.1 Å². The third-order valence-corrected chi connectivity index (χ3v) is 9.27. The molecule has 0 aliphatic carbocycles. The first-order chi connectivity index (χ1) is 24.5. The van der Waals surface area contributed by atoms with Gasteiger partial charge < -0.3 is 24.6 Å². The molecule has 274 valence electrons. The molecule has 5 rings (SSSR count). The van der Waals surface area contributed by atoms with E-state index in [-0.39, 0.29) is 43.2 Å². The Balaban J connectivity index is 1.28. The maximum Gasteiger partial charge on any atom is 0.323 e.